The first kappa shape index (κ1) is 11.0. The number of benzene rings is 1. The Hall–Kier alpha value is -2.54. The van der Waals surface area contributed by atoms with E-state index in [1.807, 2.05) is 30.3 Å². The van der Waals surface area contributed by atoms with Crippen LogP contribution in [0.25, 0.3) is 0 Å². The molecular formula is C13H12N4. The minimum absolute atomic E-state index is 0.428. The van der Waals surface area contributed by atoms with Gasteiger partial charge in [0, 0.05) is 11.9 Å². The number of hydrogen-bond donors (Lipinski definition) is 2. The number of aromatic nitrogens is 1. The Labute approximate surface area is 99.7 Å². The van der Waals surface area contributed by atoms with Gasteiger partial charge in [0.1, 0.15) is 0 Å². The molecule has 0 saturated heterocycles. The normalized spacial score (nSPS) is 9.59. The molecule has 2 aromatic rings. The van der Waals surface area contributed by atoms with Gasteiger partial charge < -0.3 is 11.1 Å². The Morgan fingerprint density at radius 2 is 2.00 bits per heavy atom. The fraction of sp³-hybridized carbons (Fsp3) is 0.0769. The molecule has 0 unspecified atom stereocenters. The molecule has 0 aliphatic carbocycles. The SMILES string of the molecule is N#CCc1ccc(Nc2ccncc2N)cc1. The van der Waals surface area contributed by atoms with Gasteiger partial charge in [0.25, 0.3) is 0 Å². The molecule has 4 heteroatoms. The van der Waals surface area contributed by atoms with Crippen molar-refractivity contribution in [2.24, 2.45) is 0 Å². The smallest absolute Gasteiger partial charge is 0.0739 e. The maximum Gasteiger partial charge on any atom is 0.0739 e. The fourth-order valence-corrected chi connectivity index (χ4v) is 1.47. The monoisotopic (exact) mass is 224 g/mol. The van der Waals surface area contributed by atoms with Crippen molar-refractivity contribution in [3.05, 3.63) is 48.3 Å². The molecule has 84 valence electrons. The van der Waals surface area contributed by atoms with Crippen molar-refractivity contribution in [2.75, 3.05) is 11.1 Å². The van der Waals surface area contributed by atoms with Crippen LogP contribution < -0.4 is 11.1 Å². The quantitative estimate of drug-likeness (QED) is 0.839. The minimum atomic E-state index is 0.428. The number of nitrogen functional groups attached to an aromatic ring is 1. The van der Waals surface area contributed by atoms with Gasteiger partial charge in [-0.15, -0.1) is 0 Å². The van der Waals surface area contributed by atoms with E-state index in [0.717, 1.165) is 16.9 Å². The highest BCUT2D eigenvalue weighted by molar-refractivity contribution is 5.71. The number of anilines is 3. The Bertz CT molecular complexity index is 540. The summed E-state index contributed by atoms with van der Waals surface area (Å²) in [6, 6.07) is 11.6. The number of nitriles is 1. The van der Waals surface area contributed by atoms with Crippen LogP contribution in [0.3, 0.4) is 0 Å². The van der Waals surface area contributed by atoms with Gasteiger partial charge in [-0.05, 0) is 23.8 Å². The molecule has 17 heavy (non-hydrogen) atoms. The van der Waals surface area contributed by atoms with E-state index in [4.69, 9.17) is 11.0 Å². The van der Waals surface area contributed by atoms with Crippen LogP contribution in [0.1, 0.15) is 5.56 Å². The van der Waals surface area contributed by atoms with E-state index in [0.29, 0.717) is 12.1 Å². The summed E-state index contributed by atoms with van der Waals surface area (Å²) in [5, 5.41) is 11.8. The first-order chi connectivity index (χ1) is 8.29. The van der Waals surface area contributed by atoms with Crippen LogP contribution in [0.4, 0.5) is 17.1 Å². The molecule has 0 atom stereocenters. The summed E-state index contributed by atoms with van der Waals surface area (Å²) >= 11 is 0. The van der Waals surface area contributed by atoms with E-state index in [1.54, 1.807) is 12.4 Å². The molecular weight excluding hydrogens is 212 g/mol. The van der Waals surface area contributed by atoms with Gasteiger partial charge in [-0.3, -0.25) is 4.98 Å². The lowest BCUT2D eigenvalue weighted by Crippen LogP contribution is -1.96. The molecule has 0 aliphatic heterocycles. The van der Waals surface area contributed by atoms with Gasteiger partial charge in [-0.1, -0.05) is 12.1 Å². The molecule has 0 aliphatic rings. The average Bonchev–Trinajstić information content (AvgIpc) is 2.35. The summed E-state index contributed by atoms with van der Waals surface area (Å²) in [7, 11) is 0. The van der Waals surface area contributed by atoms with Crippen LogP contribution >= 0.6 is 0 Å². The zero-order valence-corrected chi connectivity index (χ0v) is 9.22. The third kappa shape index (κ3) is 2.73. The van der Waals surface area contributed by atoms with Crippen molar-refractivity contribution >= 4 is 17.1 Å². The van der Waals surface area contributed by atoms with E-state index in [1.165, 1.54) is 0 Å². The second-order valence-corrected chi connectivity index (χ2v) is 3.62. The third-order valence-electron chi connectivity index (χ3n) is 2.37. The second-order valence-electron chi connectivity index (χ2n) is 3.62. The highest BCUT2D eigenvalue weighted by Gasteiger charge is 1.99. The Morgan fingerprint density at radius 3 is 2.65 bits per heavy atom. The van der Waals surface area contributed by atoms with Gasteiger partial charge in [-0.2, -0.15) is 5.26 Å². The predicted octanol–water partition coefficient (Wildman–Crippen LogP) is 2.47. The Kier molecular flexibility index (Phi) is 3.22. The lowest BCUT2D eigenvalue weighted by Gasteiger charge is -2.08. The Balaban J connectivity index is 2.15. The molecule has 1 heterocycles. The Morgan fingerprint density at radius 1 is 1.24 bits per heavy atom. The summed E-state index contributed by atoms with van der Waals surface area (Å²) < 4.78 is 0. The standard InChI is InChI=1S/C13H12N4/c14-7-5-10-1-3-11(4-2-10)17-13-6-8-16-9-12(13)15/h1-4,6,8-9H,5,15H2,(H,16,17). The molecule has 4 nitrogen and oxygen atoms in total. The van der Waals surface area contributed by atoms with Gasteiger partial charge in [0.15, 0.2) is 0 Å². The van der Waals surface area contributed by atoms with Gasteiger partial charge in [0.2, 0.25) is 0 Å². The molecule has 0 fully saturated rings. The first-order valence-corrected chi connectivity index (χ1v) is 5.22. The fourth-order valence-electron chi connectivity index (χ4n) is 1.47. The second kappa shape index (κ2) is 4.99. The summed E-state index contributed by atoms with van der Waals surface area (Å²) in [5.41, 5.74) is 9.15. The summed E-state index contributed by atoms with van der Waals surface area (Å²) in [5.74, 6) is 0. The van der Waals surface area contributed by atoms with E-state index < -0.39 is 0 Å². The van der Waals surface area contributed by atoms with Gasteiger partial charge in [-0.25, -0.2) is 0 Å². The largest absolute Gasteiger partial charge is 0.396 e. The lowest BCUT2D eigenvalue weighted by atomic mass is 10.1. The number of nitrogens with zero attached hydrogens (tertiary/aromatic N) is 2. The van der Waals surface area contributed by atoms with Crippen LogP contribution in [0.2, 0.25) is 0 Å². The highest BCUT2D eigenvalue weighted by Crippen LogP contribution is 2.21. The average molecular weight is 224 g/mol. The lowest BCUT2D eigenvalue weighted by molar-refractivity contribution is 1.26. The first-order valence-electron chi connectivity index (χ1n) is 5.22. The zero-order chi connectivity index (χ0) is 12.1. The van der Waals surface area contributed by atoms with E-state index in [2.05, 4.69) is 16.4 Å². The van der Waals surface area contributed by atoms with E-state index >= 15 is 0 Å². The van der Waals surface area contributed by atoms with Gasteiger partial charge in [0.05, 0.1) is 30.1 Å². The maximum atomic E-state index is 8.57. The topological polar surface area (TPSA) is 74.7 Å². The van der Waals surface area contributed by atoms with Crippen molar-refractivity contribution in [3.8, 4) is 6.07 Å². The molecule has 0 amide bonds. The molecule has 2 rings (SSSR count). The summed E-state index contributed by atoms with van der Waals surface area (Å²) in [6.07, 6.45) is 3.72. The molecule has 3 N–H and O–H groups in total. The number of pyridine rings is 1. The molecule has 1 aromatic carbocycles. The molecule has 0 radical (unpaired) electrons. The van der Waals surface area contributed by atoms with E-state index in [9.17, 15) is 0 Å². The number of nitrogens with one attached hydrogen (secondary N) is 1. The van der Waals surface area contributed by atoms with Crippen molar-refractivity contribution in [3.63, 3.8) is 0 Å². The minimum Gasteiger partial charge on any atom is -0.396 e. The predicted molar refractivity (Wildman–Crippen MR) is 67.7 cm³/mol. The van der Waals surface area contributed by atoms with Crippen LogP contribution in [0, 0.1) is 11.3 Å². The number of hydrogen-bond acceptors (Lipinski definition) is 4. The molecule has 1 aromatic heterocycles. The number of rotatable bonds is 3. The third-order valence-corrected chi connectivity index (χ3v) is 2.37. The highest BCUT2D eigenvalue weighted by atomic mass is 14.9. The van der Waals surface area contributed by atoms with Crippen LogP contribution in [0.5, 0.6) is 0 Å². The zero-order valence-electron chi connectivity index (χ0n) is 9.22. The van der Waals surface area contributed by atoms with E-state index in [-0.39, 0.29) is 0 Å². The van der Waals surface area contributed by atoms with Crippen molar-refractivity contribution in [1.29, 1.82) is 5.26 Å². The van der Waals surface area contributed by atoms with Crippen LogP contribution in [-0.4, -0.2) is 4.98 Å². The maximum absolute atomic E-state index is 8.57. The molecule has 0 spiro atoms. The van der Waals surface area contributed by atoms with Crippen molar-refractivity contribution in [1.82, 2.24) is 4.98 Å². The molecule has 0 saturated carbocycles. The molecule has 0 bridgehead atoms. The number of nitrogens with two attached hydrogens (primary N) is 1. The van der Waals surface area contributed by atoms with Crippen molar-refractivity contribution < 1.29 is 0 Å². The summed E-state index contributed by atoms with van der Waals surface area (Å²) in [6.45, 7) is 0. The van der Waals surface area contributed by atoms with Gasteiger partial charge >= 0.3 is 0 Å². The van der Waals surface area contributed by atoms with Crippen LogP contribution in [-0.2, 0) is 6.42 Å². The van der Waals surface area contributed by atoms with Crippen LogP contribution in [0.15, 0.2) is 42.7 Å². The van der Waals surface area contributed by atoms with Crippen molar-refractivity contribution in [2.45, 2.75) is 6.42 Å². The summed E-state index contributed by atoms with van der Waals surface area (Å²) in [4.78, 5) is 3.92.